The summed E-state index contributed by atoms with van der Waals surface area (Å²) in [5.74, 6) is 0. The van der Waals surface area contributed by atoms with Gasteiger partial charge in [0.2, 0.25) is 0 Å². The number of hydrogen-bond donors (Lipinski definition) is 2. The summed E-state index contributed by atoms with van der Waals surface area (Å²) >= 11 is 0. The van der Waals surface area contributed by atoms with Crippen molar-refractivity contribution in [1.29, 1.82) is 0 Å². The highest BCUT2D eigenvalue weighted by atomic mass is 16.3. The Kier molecular flexibility index (Phi) is 3.76. The lowest BCUT2D eigenvalue weighted by Crippen LogP contribution is -2.52. The van der Waals surface area contributed by atoms with Crippen LogP contribution in [0.4, 0.5) is 0 Å². The molecule has 0 bridgehead atoms. The molecular formula is C14H29NO. The van der Waals surface area contributed by atoms with Gasteiger partial charge in [0.1, 0.15) is 0 Å². The minimum absolute atomic E-state index is 0.245. The Morgan fingerprint density at radius 1 is 1.00 bits per heavy atom. The zero-order chi connectivity index (χ0) is 12.6. The van der Waals surface area contributed by atoms with Gasteiger partial charge in [0, 0.05) is 12.6 Å². The molecule has 1 rings (SSSR count). The molecular weight excluding hydrogens is 198 g/mol. The van der Waals surface area contributed by atoms with E-state index in [0.29, 0.717) is 6.04 Å². The minimum Gasteiger partial charge on any atom is -0.389 e. The summed E-state index contributed by atoms with van der Waals surface area (Å²) < 4.78 is 0. The smallest absolute Gasteiger partial charge is 0.0781 e. The first-order valence-electron chi connectivity index (χ1n) is 6.50. The maximum Gasteiger partial charge on any atom is 0.0781 e. The van der Waals surface area contributed by atoms with Crippen LogP contribution >= 0.6 is 0 Å². The molecule has 0 aromatic rings. The Labute approximate surface area is 101 Å². The second-order valence-corrected chi connectivity index (χ2v) is 7.62. The van der Waals surface area contributed by atoms with Gasteiger partial charge in [-0.3, -0.25) is 0 Å². The van der Waals surface area contributed by atoms with Crippen LogP contribution in [0.5, 0.6) is 0 Å². The number of nitrogens with one attached hydrogen (secondary N) is 1. The van der Waals surface area contributed by atoms with Gasteiger partial charge in [0.25, 0.3) is 0 Å². The third-order valence-corrected chi connectivity index (χ3v) is 3.41. The normalized spacial score (nSPS) is 27.0. The molecule has 2 heteroatoms. The van der Waals surface area contributed by atoms with Crippen LogP contribution in [0.3, 0.4) is 0 Å². The van der Waals surface area contributed by atoms with Crippen molar-refractivity contribution in [3.05, 3.63) is 0 Å². The molecule has 0 aromatic carbocycles. The first kappa shape index (κ1) is 14.0. The van der Waals surface area contributed by atoms with Gasteiger partial charge >= 0.3 is 0 Å². The second kappa shape index (κ2) is 4.30. The topological polar surface area (TPSA) is 32.3 Å². The molecule has 0 amide bonds. The second-order valence-electron chi connectivity index (χ2n) is 7.62. The number of rotatable bonds is 3. The maximum atomic E-state index is 10.7. The molecule has 0 saturated heterocycles. The molecule has 1 aliphatic rings. The van der Waals surface area contributed by atoms with Crippen LogP contribution in [-0.2, 0) is 0 Å². The van der Waals surface area contributed by atoms with Gasteiger partial charge in [-0.25, -0.2) is 0 Å². The van der Waals surface area contributed by atoms with E-state index in [0.717, 1.165) is 19.4 Å². The van der Waals surface area contributed by atoms with E-state index in [-0.39, 0.29) is 10.8 Å². The van der Waals surface area contributed by atoms with Gasteiger partial charge in [-0.05, 0) is 30.1 Å². The van der Waals surface area contributed by atoms with Crippen LogP contribution in [0.1, 0.15) is 60.8 Å². The van der Waals surface area contributed by atoms with E-state index in [1.54, 1.807) is 0 Å². The molecule has 0 aliphatic heterocycles. The van der Waals surface area contributed by atoms with Crippen molar-refractivity contribution >= 4 is 0 Å². The largest absolute Gasteiger partial charge is 0.389 e. The molecule has 2 N–H and O–H groups in total. The molecule has 0 heterocycles. The molecule has 16 heavy (non-hydrogen) atoms. The zero-order valence-corrected chi connectivity index (χ0v) is 11.9. The van der Waals surface area contributed by atoms with Crippen LogP contribution in [0, 0.1) is 10.8 Å². The van der Waals surface area contributed by atoms with Crippen molar-refractivity contribution < 1.29 is 5.11 Å². The lowest BCUT2D eigenvalue weighted by atomic mass is 9.59. The summed E-state index contributed by atoms with van der Waals surface area (Å²) in [6.07, 6.45) is 3.01. The van der Waals surface area contributed by atoms with Crippen molar-refractivity contribution in [1.82, 2.24) is 5.32 Å². The SMILES string of the molecule is CC(C)NCC1(O)CC(C)(C)CC(C)(C)C1. The van der Waals surface area contributed by atoms with Gasteiger partial charge in [-0.2, -0.15) is 0 Å². The van der Waals surface area contributed by atoms with Crippen molar-refractivity contribution in [3.8, 4) is 0 Å². The predicted octanol–water partition coefficient (Wildman–Crippen LogP) is 2.95. The fraction of sp³-hybridized carbons (Fsp3) is 1.00. The quantitative estimate of drug-likeness (QED) is 0.777. The molecule has 0 aromatic heterocycles. The van der Waals surface area contributed by atoms with E-state index < -0.39 is 5.60 Å². The van der Waals surface area contributed by atoms with Crippen LogP contribution in [0.2, 0.25) is 0 Å². The average molecular weight is 227 g/mol. The first-order chi connectivity index (χ1) is 7.04. The van der Waals surface area contributed by atoms with E-state index in [9.17, 15) is 5.11 Å². The van der Waals surface area contributed by atoms with Gasteiger partial charge in [-0.15, -0.1) is 0 Å². The van der Waals surface area contributed by atoms with Crippen LogP contribution in [0.15, 0.2) is 0 Å². The highest BCUT2D eigenvalue weighted by Gasteiger charge is 2.46. The van der Waals surface area contributed by atoms with E-state index in [1.165, 1.54) is 6.42 Å². The summed E-state index contributed by atoms with van der Waals surface area (Å²) in [6.45, 7) is 14.1. The lowest BCUT2D eigenvalue weighted by molar-refractivity contribution is -0.0845. The van der Waals surface area contributed by atoms with E-state index in [1.807, 2.05) is 0 Å². The van der Waals surface area contributed by atoms with Crippen molar-refractivity contribution in [2.75, 3.05) is 6.54 Å². The molecule has 96 valence electrons. The Morgan fingerprint density at radius 3 is 1.81 bits per heavy atom. The lowest BCUT2D eigenvalue weighted by Gasteiger charge is -2.49. The summed E-state index contributed by atoms with van der Waals surface area (Å²) in [6, 6.07) is 0.442. The Bertz CT molecular complexity index is 227. The van der Waals surface area contributed by atoms with Crippen molar-refractivity contribution in [3.63, 3.8) is 0 Å². The molecule has 2 nitrogen and oxygen atoms in total. The molecule has 1 fully saturated rings. The first-order valence-corrected chi connectivity index (χ1v) is 6.50. The molecule has 1 aliphatic carbocycles. The third-order valence-electron chi connectivity index (χ3n) is 3.41. The van der Waals surface area contributed by atoms with Crippen LogP contribution < -0.4 is 5.32 Å². The zero-order valence-electron chi connectivity index (χ0n) is 11.9. The monoisotopic (exact) mass is 227 g/mol. The maximum absolute atomic E-state index is 10.7. The van der Waals surface area contributed by atoms with Crippen molar-refractivity contribution in [2.24, 2.45) is 10.8 Å². The Morgan fingerprint density at radius 2 is 1.44 bits per heavy atom. The average Bonchev–Trinajstić information content (AvgIpc) is 1.93. The van der Waals surface area contributed by atoms with Crippen LogP contribution in [-0.4, -0.2) is 23.3 Å². The highest BCUT2D eigenvalue weighted by Crippen LogP contribution is 2.49. The fourth-order valence-electron chi connectivity index (χ4n) is 3.78. The number of hydrogen-bond acceptors (Lipinski definition) is 2. The van der Waals surface area contributed by atoms with Gasteiger partial charge in [0.05, 0.1) is 5.60 Å². The van der Waals surface area contributed by atoms with Gasteiger partial charge < -0.3 is 10.4 Å². The summed E-state index contributed by atoms with van der Waals surface area (Å²) in [5.41, 5.74) is -0.0418. The van der Waals surface area contributed by atoms with Gasteiger partial charge in [0.15, 0.2) is 0 Å². The summed E-state index contributed by atoms with van der Waals surface area (Å²) in [5, 5.41) is 14.1. The fourth-order valence-corrected chi connectivity index (χ4v) is 3.78. The Balaban J connectivity index is 2.71. The minimum atomic E-state index is -0.532. The molecule has 0 radical (unpaired) electrons. The van der Waals surface area contributed by atoms with E-state index in [4.69, 9.17) is 0 Å². The summed E-state index contributed by atoms with van der Waals surface area (Å²) in [4.78, 5) is 0. The van der Waals surface area contributed by atoms with E-state index >= 15 is 0 Å². The highest BCUT2D eigenvalue weighted by molar-refractivity contribution is 4.99. The number of aliphatic hydroxyl groups is 1. The van der Waals surface area contributed by atoms with Crippen molar-refractivity contribution in [2.45, 2.75) is 72.4 Å². The molecule has 0 spiro atoms. The summed E-state index contributed by atoms with van der Waals surface area (Å²) in [7, 11) is 0. The van der Waals surface area contributed by atoms with E-state index in [2.05, 4.69) is 46.9 Å². The molecule has 1 saturated carbocycles. The van der Waals surface area contributed by atoms with Gasteiger partial charge in [-0.1, -0.05) is 41.5 Å². The Hall–Kier alpha value is -0.0800. The third kappa shape index (κ3) is 4.06. The standard InChI is InChI=1S/C14H29NO/c1-11(2)15-10-14(16)8-12(3,4)7-13(5,6)9-14/h11,15-16H,7-10H2,1-6H3. The van der Waals surface area contributed by atoms with Crippen LogP contribution in [0.25, 0.3) is 0 Å². The predicted molar refractivity (Wildman–Crippen MR) is 69.5 cm³/mol. The molecule has 0 unspecified atom stereocenters. The molecule has 0 atom stereocenters.